The second-order valence-corrected chi connectivity index (χ2v) is 7.57. The fraction of sp³-hybridized carbons (Fsp3) is 0.824. The van der Waals surface area contributed by atoms with Crippen molar-refractivity contribution in [3.63, 3.8) is 0 Å². The number of carbonyl (C=O) groups excluding carboxylic acids is 1. The zero-order chi connectivity index (χ0) is 17.6. The molecule has 5 nitrogen and oxygen atoms in total. The monoisotopic (exact) mass is 369 g/mol. The third kappa shape index (κ3) is 15.6. The summed E-state index contributed by atoms with van der Waals surface area (Å²) in [6.45, 7) is 5.46. The molecule has 0 aliphatic rings. The van der Waals surface area contributed by atoms with Crippen LogP contribution in [0.2, 0.25) is 0 Å². The molecule has 0 aliphatic heterocycles. The fourth-order valence-electron chi connectivity index (χ4n) is 2.50. The van der Waals surface area contributed by atoms with Gasteiger partial charge in [0.2, 0.25) is 5.91 Å². The van der Waals surface area contributed by atoms with Crippen LogP contribution in [0.25, 0.3) is 0 Å². The van der Waals surface area contributed by atoms with E-state index in [1.807, 2.05) is 0 Å². The molecule has 0 saturated heterocycles. The van der Waals surface area contributed by atoms with Gasteiger partial charge in [0.15, 0.2) is 0 Å². The van der Waals surface area contributed by atoms with E-state index in [-0.39, 0.29) is 36.0 Å². The van der Waals surface area contributed by atoms with Crippen molar-refractivity contribution in [3.05, 3.63) is 12.7 Å². The SMILES string of the molecule is C=CC(=O)NC(CCCCCCCCCCCCC)S(=O)(=O)[O-].[Na+]. The summed E-state index contributed by atoms with van der Waals surface area (Å²) in [5.74, 6) is -0.627. The Kier molecular flexibility index (Phi) is 18.2. The summed E-state index contributed by atoms with van der Waals surface area (Å²) in [4.78, 5) is 11.1. The van der Waals surface area contributed by atoms with Gasteiger partial charge < -0.3 is 9.87 Å². The van der Waals surface area contributed by atoms with Gasteiger partial charge in [-0.3, -0.25) is 4.79 Å². The van der Waals surface area contributed by atoms with Gasteiger partial charge in [0, 0.05) is 0 Å². The van der Waals surface area contributed by atoms with Gasteiger partial charge in [0.05, 0.1) is 0 Å². The molecular weight excluding hydrogens is 337 g/mol. The van der Waals surface area contributed by atoms with Crippen molar-refractivity contribution in [2.45, 2.75) is 89.3 Å². The molecule has 0 spiro atoms. The molecule has 0 saturated carbocycles. The third-order valence-corrected chi connectivity index (χ3v) is 4.96. The number of amides is 1. The molecule has 1 amide bonds. The predicted octanol–water partition coefficient (Wildman–Crippen LogP) is 0.865. The van der Waals surface area contributed by atoms with E-state index in [1.54, 1.807) is 0 Å². The van der Waals surface area contributed by atoms with E-state index in [0.717, 1.165) is 25.3 Å². The molecule has 0 aliphatic carbocycles. The van der Waals surface area contributed by atoms with Gasteiger partial charge >= 0.3 is 29.6 Å². The van der Waals surface area contributed by atoms with E-state index in [1.165, 1.54) is 44.9 Å². The van der Waals surface area contributed by atoms with Gasteiger partial charge in [-0.1, -0.05) is 84.1 Å². The van der Waals surface area contributed by atoms with Crippen LogP contribution < -0.4 is 34.9 Å². The summed E-state index contributed by atoms with van der Waals surface area (Å²) < 4.78 is 33.3. The smallest absolute Gasteiger partial charge is 0.746 e. The van der Waals surface area contributed by atoms with Crippen LogP contribution in [0.5, 0.6) is 0 Å². The average molecular weight is 370 g/mol. The van der Waals surface area contributed by atoms with Crippen LogP contribution in [0.3, 0.4) is 0 Å². The molecule has 1 N–H and O–H groups in total. The standard InChI is InChI=1S/C17H33NO4S.Na/c1-3-5-6-7-8-9-10-11-12-13-14-15-17(23(20,21)22)18-16(19)4-2;/h4,17H,2-3,5-15H2,1H3,(H,18,19)(H,20,21,22);/q;+1/p-1. The summed E-state index contributed by atoms with van der Waals surface area (Å²) in [6.07, 6.45) is 13.8. The second-order valence-electron chi connectivity index (χ2n) is 6.02. The van der Waals surface area contributed by atoms with Crippen molar-refractivity contribution < 1.29 is 47.3 Å². The molecule has 0 aromatic rings. The minimum Gasteiger partial charge on any atom is -0.746 e. The Balaban J connectivity index is 0. The van der Waals surface area contributed by atoms with Crippen LogP contribution in [0.4, 0.5) is 0 Å². The molecule has 0 aromatic carbocycles. The molecule has 7 heteroatoms. The van der Waals surface area contributed by atoms with Crippen molar-refractivity contribution >= 4 is 16.0 Å². The van der Waals surface area contributed by atoms with E-state index in [2.05, 4.69) is 18.8 Å². The Labute approximate surface area is 170 Å². The van der Waals surface area contributed by atoms with Crippen molar-refractivity contribution in [2.24, 2.45) is 0 Å². The molecule has 0 fully saturated rings. The van der Waals surface area contributed by atoms with Crippen LogP contribution in [0.1, 0.15) is 84.0 Å². The molecule has 0 heterocycles. The Bertz CT molecular complexity index is 426. The van der Waals surface area contributed by atoms with Crippen molar-refractivity contribution in [2.75, 3.05) is 0 Å². The molecule has 0 radical (unpaired) electrons. The van der Waals surface area contributed by atoms with Gasteiger partial charge in [-0.25, -0.2) is 8.42 Å². The first-order valence-corrected chi connectivity index (χ1v) is 10.3. The molecule has 136 valence electrons. The van der Waals surface area contributed by atoms with Gasteiger partial charge in [0.25, 0.3) is 0 Å². The minimum absolute atomic E-state index is 0. The van der Waals surface area contributed by atoms with E-state index < -0.39 is 21.4 Å². The zero-order valence-electron chi connectivity index (χ0n) is 15.4. The van der Waals surface area contributed by atoms with Crippen molar-refractivity contribution in [1.29, 1.82) is 0 Å². The van der Waals surface area contributed by atoms with E-state index in [9.17, 15) is 17.8 Å². The van der Waals surface area contributed by atoms with Crippen molar-refractivity contribution in [3.8, 4) is 0 Å². The first-order valence-electron chi connectivity index (χ1n) is 8.79. The zero-order valence-corrected chi connectivity index (χ0v) is 18.2. The topological polar surface area (TPSA) is 86.3 Å². The molecular formula is C17H32NNaO4S. The maximum Gasteiger partial charge on any atom is 1.00 e. The van der Waals surface area contributed by atoms with E-state index >= 15 is 0 Å². The fourth-order valence-corrected chi connectivity index (χ4v) is 3.22. The maximum absolute atomic E-state index is 11.1. The predicted molar refractivity (Wildman–Crippen MR) is 92.9 cm³/mol. The Morgan fingerprint density at radius 1 is 1.00 bits per heavy atom. The average Bonchev–Trinajstić information content (AvgIpc) is 2.50. The van der Waals surface area contributed by atoms with Gasteiger partial charge in [0.1, 0.15) is 15.5 Å². The Morgan fingerprint density at radius 2 is 1.42 bits per heavy atom. The summed E-state index contributed by atoms with van der Waals surface area (Å²) in [5, 5.41) is 0.844. The normalized spacial score (nSPS) is 12.2. The van der Waals surface area contributed by atoms with E-state index in [0.29, 0.717) is 6.42 Å². The summed E-state index contributed by atoms with van der Waals surface area (Å²) >= 11 is 0. The molecule has 0 rings (SSSR count). The van der Waals surface area contributed by atoms with E-state index in [4.69, 9.17) is 0 Å². The summed E-state index contributed by atoms with van der Waals surface area (Å²) in [7, 11) is -4.51. The van der Waals surface area contributed by atoms with Gasteiger partial charge in [-0.15, -0.1) is 0 Å². The number of rotatable bonds is 15. The van der Waals surface area contributed by atoms with Crippen molar-refractivity contribution in [1.82, 2.24) is 5.32 Å². The number of hydrogen-bond acceptors (Lipinski definition) is 4. The molecule has 0 bridgehead atoms. The summed E-state index contributed by atoms with van der Waals surface area (Å²) in [5.41, 5.74) is 0. The third-order valence-electron chi connectivity index (χ3n) is 3.91. The van der Waals surface area contributed by atoms with Crippen LogP contribution in [0, 0.1) is 0 Å². The molecule has 0 aromatic heterocycles. The molecule has 24 heavy (non-hydrogen) atoms. The quantitative estimate of drug-likeness (QED) is 0.201. The number of hydrogen-bond donors (Lipinski definition) is 1. The first-order chi connectivity index (χ1) is 10.9. The minimum atomic E-state index is -4.51. The number of unbranched alkanes of at least 4 members (excludes halogenated alkanes) is 10. The largest absolute Gasteiger partial charge is 1.00 e. The Morgan fingerprint density at radius 3 is 1.79 bits per heavy atom. The molecule has 1 atom stereocenters. The van der Waals surface area contributed by atoms with Crippen LogP contribution in [0.15, 0.2) is 12.7 Å². The second kappa shape index (κ2) is 16.6. The van der Waals surface area contributed by atoms with Crippen LogP contribution in [-0.4, -0.2) is 24.3 Å². The van der Waals surface area contributed by atoms with Crippen LogP contribution >= 0.6 is 0 Å². The number of nitrogens with one attached hydrogen (secondary N) is 1. The number of carbonyl (C=O) groups is 1. The van der Waals surface area contributed by atoms with Gasteiger partial charge in [-0.2, -0.15) is 0 Å². The van der Waals surface area contributed by atoms with Gasteiger partial charge in [-0.05, 0) is 12.5 Å². The summed E-state index contributed by atoms with van der Waals surface area (Å²) in [6, 6.07) is 0. The molecule has 1 unspecified atom stereocenters. The maximum atomic E-state index is 11.1. The Hall–Kier alpha value is 0.120. The van der Waals surface area contributed by atoms with Crippen LogP contribution in [-0.2, 0) is 14.9 Å². The first kappa shape index (κ1) is 26.4.